The summed E-state index contributed by atoms with van der Waals surface area (Å²) in [6.45, 7) is 5.37. The summed E-state index contributed by atoms with van der Waals surface area (Å²) in [6.07, 6.45) is 3.71. The quantitative estimate of drug-likeness (QED) is 0.471. The number of hydrogen-bond donors (Lipinski definition) is 1. The number of ether oxygens (including phenoxy) is 1. The molecule has 31 heavy (non-hydrogen) atoms. The van der Waals surface area contributed by atoms with Gasteiger partial charge in [-0.2, -0.15) is 4.98 Å². The molecule has 0 bridgehead atoms. The van der Waals surface area contributed by atoms with Crippen LogP contribution < -0.4 is 10.1 Å². The standard InChI is InChI=1S/C23H23N5O3/c1-3-30-20-10-8-18(9-11-20)22-26-21(31-27-22)14-25-23(29)19-6-4-17(5-7-19)15-28-13-12-24-16(28)2/h4-13H,3,14-15H2,1-2H3,(H,25,29). The molecule has 8 heteroatoms. The first-order valence-corrected chi connectivity index (χ1v) is 10.0. The predicted octanol–water partition coefficient (Wildman–Crippen LogP) is 3.62. The van der Waals surface area contributed by atoms with Crippen LogP contribution >= 0.6 is 0 Å². The van der Waals surface area contributed by atoms with Crippen LogP contribution in [0.1, 0.15) is 34.6 Å². The van der Waals surface area contributed by atoms with Crippen LogP contribution in [0.3, 0.4) is 0 Å². The van der Waals surface area contributed by atoms with Gasteiger partial charge in [-0.05, 0) is 55.8 Å². The number of nitrogens with one attached hydrogen (secondary N) is 1. The highest BCUT2D eigenvalue weighted by atomic mass is 16.5. The van der Waals surface area contributed by atoms with Gasteiger partial charge in [0.15, 0.2) is 0 Å². The molecule has 0 aliphatic heterocycles. The molecule has 1 N–H and O–H groups in total. The molecule has 2 aromatic carbocycles. The number of aryl methyl sites for hydroxylation is 1. The molecule has 0 aliphatic rings. The van der Waals surface area contributed by atoms with Gasteiger partial charge in [0.05, 0.1) is 13.2 Å². The molecule has 2 aromatic heterocycles. The van der Waals surface area contributed by atoms with Gasteiger partial charge in [0.1, 0.15) is 11.6 Å². The topological polar surface area (TPSA) is 95.1 Å². The molecule has 0 fully saturated rings. The smallest absolute Gasteiger partial charge is 0.251 e. The molecular formula is C23H23N5O3. The van der Waals surface area contributed by atoms with E-state index in [0.717, 1.165) is 22.7 Å². The van der Waals surface area contributed by atoms with E-state index in [1.54, 1.807) is 18.3 Å². The van der Waals surface area contributed by atoms with E-state index in [0.29, 0.717) is 30.4 Å². The Morgan fingerprint density at radius 2 is 1.90 bits per heavy atom. The zero-order valence-corrected chi connectivity index (χ0v) is 17.4. The number of carbonyl (C=O) groups is 1. The molecule has 1 amide bonds. The molecule has 0 saturated heterocycles. The van der Waals surface area contributed by atoms with Gasteiger partial charge in [-0.3, -0.25) is 4.79 Å². The summed E-state index contributed by atoms with van der Waals surface area (Å²) in [4.78, 5) is 21.0. The average Bonchev–Trinajstić information content (AvgIpc) is 3.43. The Bertz CT molecular complexity index is 1150. The molecule has 0 radical (unpaired) electrons. The van der Waals surface area contributed by atoms with Crippen LogP contribution in [0.2, 0.25) is 0 Å². The first kappa shape index (κ1) is 20.3. The highest BCUT2D eigenvalue weighted by molar-refractivity contribution is 5.94. The monoisotopic (exact) mass is 417 g/mol. The van der Waals surface area contributed by atoms with Gasteiger partial charge in [0.25, 0.3) is 5.91 Å². The molecule has 2 heterocycles. The highest BCUT2D eigenvalue weighted by Crippen LogP contribution is 2.20. The van der Waals surface area contributed by atoms with E-state index in [-0.39, 0.29) is 12.5 Å². The van der Waals surface area contributed by atoms with Gasteiger partial charge in [-0.1, -0.05) is 17.3 Å². The van der Waals surface area contributed by atoms with E-state index < -0.39 is 0 Å². The molecular weight excluding hydrogens is 394 g/mol. The van der Waals surface area contributed by atoms with E-state index in [2.05, 4.69) is 20.4 Å². The Hall–Kier alpha value is -3.94. The minimum atomic E-state index is -0.203. The van der Waals surface area contributed by atoms with Gasteiger partial charge in [-0.25, -0.2) is 4.98 Å². The van der Waals surface area contributed by atoms with E-state index in [1.807, 2.05) is 61.0 Å². The summed E-state index contributed by atoms with van der Waals surface area (Å²) < 4.78 is 12.7. The lowest BCUT2D eigenvalue weighted by Crippen LogP contribution is -2.22. The number of hydrogen-bond acceptors (Lipinski definition) is 6. The van der Waals surface area contributed by atoms with Crippen molar-refractivity contribution >= 4 is 5.91 Å². The number of amides is 1. The second kappa shape index (κ2) is 9.25. The highest BCUT2D eigenvalue weighted by Gasteiger charge is 2.11. The Labute approximate surface area is 179 Å². The normalized spacial score (nSPS) is 10.8. The SMILES string of the molecule is CCOc1ccc(-c2noc(CNC(=O)c3ccc(Cn4ccnc4C)cc3)n2)cc1. The molecule has 4 rings (SSSR count). The number of carbonyl (C=O) groups excluding carboxylic acids is 1. The lowest BCUT2D eigenvalue weighted by atomic mass is 10.1. The Morgan fingerprint density at radius 3 is 2.58 bits per heavy atom. The van der Waals surface area contributed by atoms with Crippen molar-refractivity contribution in [2.75, 3.05) is 6.61 Å². The minimum absolute atomic E-state index is 0.152. The summed E-state index contributed by atoms with van der Waals surface area (Å²) in [5.41, 5.74) is 2.47. The first-order chi connectivity index (χ1) is 15.1. The van der Waals surface area contributed by atoms with Crippen LogP contribution in [-0.2, 0) is 13.1 Å². The number of nitrogens with zero attached hydrogens (tertiary/aromatic N) is 4. The fourth-order valence-corrected chi connectivity index (χ4v) is 3.10. The maximum Gasteiger partial charge on any atom is 0.251 e. The Kier molecular flexibility index (Phi) is 6.07. The van der Waals surface area contributed by atoms with Crippen molar-refractivity contribution in [3.8, 4) is 17.1 Å². The third kappa shape index (κ3) is 4.98. The minimum Gasteiger partial charge on any atom is -0.494 e. The van der Waals surface area contributed by atoms with Crippen LogP contribution in [0.25, 0.3) is 11.4 Å². The van der Waals surface area contributed by atoms with Crippen molar-refractivity contribution in [1.29, 1.82) is 0 Å². The molecule has 8 nitrogen and oxygen atoms in total. The summed E-state index contributed by atoms with van der Waals surface area (Å²) >= 11 is 0. The lowest BCUT2D eigenvalue weighted by Gasteiger charge is -2.07. The van der Waals surface area contributed by atoms with Crippen molar-refractivity contribution in [3.05, 3.63) is 83.8 Å². The fourth-order valence-electron chi connectivity index (χ4n) is 3.10. The molecule has 158 valence electrons. The van der Waals surface area contributed by atoms with Gasteiger partial charge < -0.3 is 19.1 Å². The van der Waals surface area contributed by atoms with Crippen molar-refractivity contribution in [3.63, 3.8) is 0 Å². The Balaban J connectivity index is 1.33. The van der Waals surface area contributed by atoms with Gasteiger partial charge in [0, 0.05) is 30.1 Å². The number of imidazole rings is 1. The second-order valence-electron chi connectivity index (χ2n) is 6.95. The van der Waals surface area contributed by atoms with Crippen LogP contribution in [-0.4, -0.2) is 32.2 Å². The second-order valence-corrected chi connectivity index (χ2v) is 6.95. The molecule has 0 unspecified atom stereocenters. The Morgan fingerprint density at radius 1 is 1.13 bits per heavy atom. The fraction of sp³-hybridized carbons (Fsp3) is 0.217. The maximum absolute atomic E-state index is 12.4. The van der Waals surface area contributed by atoms with Crippen molar-refractivity contribution in [2.24, 2.45) is 0 Å². The van der Waals surface area contributed by atoms with Crippen molar-refractivity contribution in [1.82, 2.24) is 25.0 Å². The van der Waals surface area contributed by atoms with Crippen LogP contribution in [0.4, 0.5) is 0 Å². The molecule has 0 spiro atoms. The molecule has 0 saturated carbocycles. The van der Waals surface area contributed by atoms with Crippen molar-refractivity contribution in [2.45, 2.75) is 26.9 Å². The van der Waals surface area contributed by atoms with E-state index in [4.69, 9.17) is 9.26 Å². The first-order valence-electron chi connectivity index (χ1n) is 10.0. The third-order valence-corrected chi connectivity index (χ3v) is 4.78. The third-order valence-electron chi connectivity index (χ3n) is 4.78. The molecule has 0 atom stereocenters. The summed E-state index contributed by atoms with van der Waals surface area (Å²) in [6, 6.07) is 14.9. The summed E-state index contributed by atoms with van der Waals surface area (Å²) in [5.74, 6) is 2.33. The molecule has 4 aromatic rings. The number of aromatic nitrogens is 4. The van der Waals surface area contributed by atoms with Crippen LogP contribution in [0.15, 0.2) is 65.4 Å². The van der Waals surface area contributed by atoms with Crippen LogP contribution in [0, 0.1) is 6.92 Å². The number of rotatable bonds is 8. The lowest BCUT2D eigenvalue weighted by molar-refractivity contribution is 0.0946. The molecule has 0 aliphatic carbocycles. The van der Waals surface area contributed by atoms with E-state index in [9.17, 15) is 4.79 Å². The van der Waals surface area contributed by atoms with Crippen LogP contribution in [0.5, 0.6) is 5.75 Å². The maximum atomic E-state index is 12.4. The zero-order valence-electron chi connectivity index (χ0n) is 17.4. The summed E-state index contributed by atoms with van der Waals surface area (Å²) in [5, 5.41) is 6.79. The largest absolute Gasteiger partial charge is 0.494 e. The number of benzene rings is 2. The van der Waals surface area contributed by atoms with Gasteiger partial charge in [0.2, 0.25) is 11.7 Å². The van der Waals surface area contributed by atoms with E-state index in [1.165, 1.54) is 0 Å². The summed E-state index contributed by atoms with van der Waals surface area (Å²) in [7, 11) is 0. The predicted molar refractivity (Wildman–Crippen MR) is 115 cm³/mol. The van der Waals surface area contributed by atoms with Gasteiger partial charge >= 0.3 is 0 Å². The van der Waals surface area contributed by atoms with Gasteiger partial charge in [-0.15, -0.1) is 0 Å². The zero-order chi connectivity index (χ0) is 21.6. The van der Waals surface area contributed by atoms with E-state index >= 15 is 0 Å². The average molecular weight is 417 g/mol. The van der Waals surface area contributed by atoms with Crippen molar-refractivity contribution < 1.29 is 14.1 Å².